The Morgan fingerprint density at radius 1 is 1.16 bits per heavy atom. The predicted molar refractivity (Wildman–Crippen MR) is 78.4 cm³/mol. The van der Waals surface area contributed by atoms with Crippen molar-refractivity contribution in [2.45, 2.75) is 6.92 Å². The van der Waals surface area contributed by atoms with Gasteiger partial charge in [-0.05, 0) is 26.1 Å². The number of nitrogens with zero attached hydrogens (tertiary/aromatic N) is 3. The Bertz CT molecular complexity index is 399. The van der Waals surface area contributed by atoms with Crippen LogP contribution in [0.4, 0.5) is 5.69 Å². The first-order valence-electron chi connectivity index (χ1n) is 6.97. The van der Waals surface area contributed by atoms with Crippen LogP contribution in [-0.4, -0.2) is 62.0 Å². The zero-order valence-corrected chi connectivity index (χ0v) is 11.9. The van der Waals surface area contributed by atoms with Crippen LogP contribution in [-0.2, 0) is 4.79 Å². The Balaban J connectivity index is 1.93. The van der Waals surface area contributed by atoms with Crippen molar-refractivity contribution in [3.8, 4) is 0 Å². The van der Waals surface area contributed by atoms with E-state index in [1.165, 1.54) is 0 Å². The lowest BCUT2D eigenvalue weighted by Gasteiger charge is -2.34. The van der Waals surface area contributed by atoms with Gasteiger partial charge in [-0.3, -0.25) is 4.79 Å². The molecule has 0 radical (unpaired) electrons. The number of carbonyl (C=O) groups is 1. The number of likely N-dealkylation sites (N-methyl/N-ethyl adjacent to an activating group) is 2. The van der Waals surface area contributed by atoms with E-state index in [1.807, 2.05) is 23.1 Å². The van der Waals surface area contributed by atoms with Gasteiger partial charge in [0.05, 0.1) is 6.54 Å². The molecule has 0 aromatic heterocycles. The fraction of sp³-hybridized carbons (Fsp3) is 0.533. The van der Waals surface area contributed by atoms with Crippen LogP contribution in [0.25, 0.3) is 0 Å². The zero-order valence-electron chi connectivity index (χ0n) is 11.9. The van der Waals surface area contributed by atoms with Crippen molar-refractivity contribution in [2.75, 3.05) is 51.2 Å². The van der Waals surface area contributed by atoms with Gasteiger partial charge in [-0.2, -0.15) is 0 Å². The van der Waals surface area contributed by atoms with E-state index in [0.29, 0.717) is 6.54 Å². The maximum Gasteiger partial charge on any atom is 0.242 e. The summed E-state index contributed by atoms with van der Waals surface area (Å²) in [6.45, 7) is 7.06. The highest BCUT2D eigenvalue weighted by Gasteiger charge is 2.20. The molecule has 1 aliphatic rings. The molecule has 0 unspecified atom stereocenters. The molecule has 0 saturated carbocycles. The first-order valence-corrected chi connectivity index (χ1v) is 6.97. The van der Waals surface area contributed by atoms with Crippen molar-refractivity contribution in [2.24, 2.45) is 0 Å². The summed E-state index contributed by atoms with van der Waals surface area (Å²) in [5, 5.41) is 0. The summed E-state index contributed by atoms with van der Waals surface area (Å²) >= 11 is 0. The number of hydrogen-bond donors (Lipinski definition) is 0. The third kappa shape index (κ3) is 3.70. The first-order chi connectivity index (χ1) is 9.20. The SMILES string of the molecule is CCN(CC(=O)N1CCN(C)CC1)c1ccccc1. The van der Waals surface area contributed by atoms with Crippen LogP contribution in [0.3, 0.4) is 0 Å². The normalized spacial score (nSPS) is 16.4. The maximum absolute atomic E-state index is 12.3. The number of para-hydroxylation sites is 1. The molecule has 19 heavy (non-hydrogen) atoms. The lowest BCUT2D eigenvalue weighted by Crippen LogP contribution is -2.50. The minimum atomic E-state index is 0.235. The number of benzene rings is 1. The van der Waals surface area contributed by atoms with E-state index >= 15 is 0 Å². The molecular formula is C15H23N3O. The monoisotopic (exact) mass is 261 g/mol. The Kier molecular flexibility index (Phi) is 4.80. The van der Waals surface area contributed by atoms with Crippen LogP contribution < -0.4 is 4.90 Å². The number of carbonyl (C=O) groups excluding carboxylic acids is 1. The van der Waals surface area contributed by atoms with E-state index < -0.39 is 0 Å². The van der Waals surface area contributed by atoms with Crippen molar-refractivity contribution < 1.29 is 4.79 Å². The van der Waals surface area contributed by atoms with Crippen LogP contribution in [0.15, 0.2) is 30.3 Å². The molecular weight excluding hydrogens is 238 g/mol. The zero-order chi connectivity index (χ0) is 13.7. The van der Waals surface area contributed by atoms with E-state index in [1.54, 1.807) is 0 Å². The Morgan fingerprint density at radius 3 is 2.37 bits per heavy atom. The second-order valence-corrected chi connectivity index (χ2v) is 5.03. The van der Waals surface area contributed by atoms with E-state index in [9.17, 15) is 4.79 Å². The molecule has 1 fully saturated rings. The summed E-state index contributed by atoms with van der Waals surface area (Å²) in [7, 11) is 2.10. The third-order valence-corrected chi connectivity index (χ3v) is 3.69. The van der Waals surface area contributed by atoms with Gasteiger partial charge in [0.15, 0.2) is 0 Å². The Hall–Kier alpha value is -1.55. The molecule has 1 amide bonds. The lowest BCUT2D eigenvalue weighted by molar-refractivity contribution is -0.131. The third-order valence-electron chi connectivity index (χ3n) is 3.69. The van der Waals surface area contributed by atoms with E-state index in [0.717, 1.165) is 38.4 Å². The van der Waals surface area contributed by atoms with Crippen molar-refractivity contribution in [3.05, 3.63) is 30.3 Å². The summed E-state index contributed by atoms with van der Waals surface area (Å²) in [6.07, 6.45) is 0. The molecule has 0 bridgehead atoms. The average molecular weight is 261 g/mol. The Morgan fingerprint density at radius 2 is 1.79 bits per heavy atom. The maximum atomic E-state index is 12.3. The molecule has 1 heterocycles. The number of hydrogen-bond acceptors (Lipinski definition) is 3. The van der Waals surface area contributed by atoms with Gasteiger partial charge >= 0.3 is 0 Å². The predicted octanol–water partition coefficient (Wildman–Crippen LogP) is 1.29. The summed E-state index contributed by atoms with van der Waals surface area (Å²) in [6, 6.07) is 10.1. The second-order valence-electron chi connectivity index (χ2n) is 5.03. The van der Waals surface area contributed by atoms with Crippen molar-refractivity contribution in [1.82, 2.24) is 9.80 Å². The van der Waals surface area contributed by atoms with Gasteiger partial charge in [0.25, 0.3) is 0 Å². The molecule has 1 aromatic carbocycles. The standard InChI is InChI=1S/C15H23N3O/c1-3-17(14-7-5-4-6-8-14)13-15(19)18-11-9-16(2)10-12-18/h4-8H,3,9-13H2,1-2H3. The smallest absolute Gasteiger partial charge is 0.242 e. The van der Waals surface area contributed by atoms with E-state index in [4.69, 9.17) is 0 Å². The highest BCUT2D eigenvalue weighted by Crippen LogP contribution is 2.13. The fourth-order valence-corrected chi connectivity index (χ4v) is 2.34. The van der Waals surface area contributed by atoms with E-state index in [-0.39, 0.29) is 5.91 Å². The number of piperazine rings is 1. The summed E-state index contributed by atoms with van der Waals surface area (Å²) in [4.78, 5) is 18.7. The highest BCUT2D eigenvalue weighted by molar-refractivity contribution is 5.81. The van der Waals surface area contributed by atoms with Crippen LogP contribution in [0.1, 0.15) is 6.92 Å². The molecule has 2 rings (SSSR count). The first kappa shape index (κ1) is 13.9. The van der Waals surface area contributed by atoms with Gasteiger partial charge < -0.3 is 14.7 Å². The lowest BCUT2D eigenvalue weighted by atomic mass is 10.2. The minimum Gasteiger partial charge on any atom is -0.362 e. The van der Waals surface area contributed by atoms with Crippen molar-refractivity contribution >= 4 is 11.6 Å². The molecule has 0 spiro atoms. The summed E-state index contributed by atoms with van der Waals surface area (Å²) < 4.78 is 0. The van der Waals surface area contributed by atoms with Gasteiger partial charge in [-0.25, -0.2) is 0 Å². The quantitative estimate of drug-likeness (QED) is 0.817. The fourth-order valence-electron chi connectivity index (χ4n) is 2.34. The van der Waals surface area contributed by atoms with Crippen LogP contribution >= 0.6 is 0 Å². The summed E-state index contributed by atoms with van der Waals surface area (Å²) in [5.74, 6) is 0.235. The van der Waals surface area contributed by atoms with Crippen LogP contribution in [0, 0.1) is 0 Å². The van der Waals surface area contributed by atoms with Crippen molar-refractivity contribution in [3.63, 3.8) is 0 Å². The topological polar surface area (TPSA) is 26.8 Å². The molecule has 1 saturated heterocycles. The molecule has 4 nitrogen and oxygen atoms in total. The van der Waals surface area contributed by atoms with Crippen molar-refractivity contribution in [1.29, 1.82) is 0 Å². The second kappa shape index (κ2) is 6.57. The Labute approximate surface area is 115 Å². The molecule has 1 aliphatic heterocycles. The van der Waals surface area contributed by atoms with Gasteiger partial charge in [0.1, 0.15) is 0 Å². The molecule has 1 aromatic rings. The number of amides is 1. The molecule has 104 valence electrons. The van der Waals surface area contributed by atoms with Crippen LogP contribution in [0.5, 0.6) is 0 Å². The largest absolute Gasteiger partial charge is 0.362 e. The number of rotatable bonds is 4. The van der Waals surface area contributed by atoms with E-state index in [2.05, 4.69) is 35.9 Å². The molecule has 0 atom stereocenters. The average Bonchev–Trinajstić information content (AvgIpc) is 2.46. The molecule has 0 aliphatic carbocycles. The van der Waals surface area contributed by atoms with Gasteiger partial charge in [0, 0.05) is 38.4 Å². The highest BCUT2D eigenvalue weighted by atomic mass is 16.2. The van der Waals surface area contributed by atoms with Gasteiger partial charge in [-0.15, -0.1) is 0 Å². The van der Waals surface area contributed by atoms with Gasteiger partial charge in [0.2, 0.25) is 5.91 Å². The van der Waals surface area contributed by atoms with Crippen LogP contribution in [0.2, 0.25) is 0 Å². The molecule has 0 N–H and O–H groups in total. The van der Waals surface area contributed by atoms with Gasteiger partial charge in [-0.1, -0.05) is 18.2 Å². The minimum absolute atomic E-state index is 0.235. The number of anilines is 1. The molecule has 4 heteroatoms. The summed E-state index contributed by atoms with van der Waals surface area (Å²) in [5.41, 5.74) is 1.12.